The lowest BCUT2D eigenvalue weighted by Gasteiger charge is -2.10. The van der Waals surface area contributed by atoms with Crippen molar-refractivity contribution in [1.29, 1.82) is 0 Å². The monoisotopic (exact) mass is 240 g/mol. The molecule has 0 radical (unpaired) electrons. The Bertz CT molecular complexity index is 362. The Kier molecular flexibility index (Phi) is 5.22. The molecule has 1 heterocycles. The Hall–Kier alpha value is -1.82. The molecule has 2 amide bonds. The lowest BCUT2D eigenvalue weighted by Crippen LogP contribution is -2.37. The Morgan fingerprint density at radius 3 is 2.88 bits per heavy atom. The molecule has 0 spiro atoms. The number of carbonyl (C=O) groups excluding carboxylic acids is 2. The van der Waals surface area contributed by atoms with Crippen molar-refractivity contribution in [1.82, 2.24) is 10.6 Å². The van der Waals surface area contributed by atoms with E-state index in [2.05, 4.69) is 10.6 Å². The fourth-order valence-corrected chi connectivity index (χ4v) is 1.18. The molecule has 1 aromatic rings. The highest BCUT2D eigenvalue weighted by Gasteiger charge is 2.08. The maximum absolute atomic E-state index is 11.4. The number of hydrogen-bond donors (Lipinski definition) is 3. The average molecular weight is 240 g/mol. The Balaban J connectivity index is 2.20. The molecule has 0 bridgehead atoms. The standard InChI is InChI=1S/C11H16N2O4/c1-8(6-14)13-10(15)2-4-12-11(16)9-3-5-17-7-9/h3,5,7-8,14H,2,4,6H2,1H3,(H,12,16)(H,13,15)/t8-/m0/s1. The number of furan rings is 1. The van der Waals surface area contributed by atoms with Crippen LogP contribution in [0.15, 0.2) is 23.0 Å². The SMILES string of the molecule is C[C@@H](CO)NC(=O)CCNC(=O)c1ccoc1. The van der Waals surface area contributed by atoms with Crippen molar-refractivity contribution in [3.8, 4) is 0 Å². The van der Waals surface area contributed by atoms with Crippen LogP contribution in [-0.4, -0.2) is 36.1 Å². The molecule has 0 aromatic carbocycles. The van der Waals surface area contributed by atoms with E-state index in [1.807, 2.05) is 0 Å². The molecular weight excluding hydrogens is 224 g/mol. The van der Waals surface area contributed by atoms with Gasteiger partial charge in [0.05, 0.1) is 18.4 Å². The van der Waals surface area contributed by atoms with Crippen LogP contribution in [0.5, 0.6) is 0 Å². The van der Waals surface area contributed by atoms with E-state index in [1.165, 1.54) is 12.5 Å². The largest absolute Gasteiger partial charge is 0.472 e. The Morgan fingerprint density at radius 1 is 1.53 bits per heavy atom. The predicted molar refractivity (Wildman–Crippen MR) is 60.3 cm³/mol. The minimum Gasteiger partial charge on any atom is -0.472 e. The van der Waals surface area contributed by atoms with Crippen molar-refractivity contribution in [3.05, 3.63) is 24.2 Å². The number of aliphatic hydroxyl groups excluding tert-OH is 1. The van der Waals surface area contributed by atoms with Crippen molar-refractivity contribution >= 4 is 11.8 Å². The summed E-state index contributed by atoms with van der Waals surface area (Å²) in [4.78, 5) is 22.7. The van der Waals surface area contributed by atoms with Gasteiger partial charge >= 0.3 is 0 Å². The second-order valence-corrected chi connectivity index (χ2v) is 3.67. The first-order valence-corrected chi connectivity index (χ1v) is 5.34. The predicted octanol–water partition coefficient (Wildman–Crippen LogP) is -0.104. The van der Waals surface area contributed by atoms with E-state index >= 15 is 0 Å². The smallest absolute Gasteiger partial charge is 0.254 e. The molecular formula is C11H16N2O4. The minimum absolute atomic E-state index is 0.104. The summed E-state index contributed by atoms with van der Waals surface area (Å²) in [5.74, 6) is -0.485. The molecule has 0 aliphatic rings. The number of aliphatic hydroxyl groups is 1. The number of rotatable bonds is 6. The van der Waals surface area contributed by atoms with Crippen LogP contribution >= 0.6 is 0 Å². The Morgan fingerprint density at radius 2 is 2.29 bits per heavy atom. The van der Waals surface area contributed by atoms with E-state index in [0.717, 1.165) is 0 Å². The molecule has 0 unspecified atom stereocenters. The first kappa shape index (κ1) is 13.2. The number of hydrogen-bond acceptors (Lipinski definition) is 4. The van der Waals surface area contributed by atoms with Crippen molar-refractivity contribution < 1.29 is 19.1 Å². The van der Waals surface area contributed by atoms with Gasteiger partial charge in [0.25, 0.3) is 5.91 Å². The van der Waals surface area contributed by atoms with Gasteiger partial charge in [-0.2, -0.15) is 0 Å². The van der Waals surface area contributed by atoms with E-state index in [0.29, 0.717) is 5.56 Å². The maximum atomic E-state index is 11.4. The zero-order valence-corrected chi connectivity index (χ0v) is 9.60. The summed E-state index contributed by atoms with van der Waals surface area (Å²) >= 11 is 0. The molecule has 3 N–H and O–H groups in total. The summed E-state index contributed by atoms with van der Waals surface area (Å²) in [7, 11) is 0. The Labute approximate surface area is 99.0 Å². The van der Waals surface area contributed by atoms with E-state index in [4.69, 9.17) is 9.52 Å². The van der Waals surface area contributed by atoms with Gasteiger partial charge < -0.3 is 20.2 Å². The van der Waals surface area contributed by atoms with Crippen LogP contribution in [0.1, 0.15) is 23.7 Å². The summed E-state index contributed by atoms with van der Waals surface area (Å²) in [6, 6.07) is 1.27. The normalized spacial score (nSPS) is 11.9. The van der Waals surface area contributed by atoms with Crippen LogP contribution in [0.3, 0.4) is 0 Å². The molecule has 6 heteroatoms. The van der Waals surface area contributed by atoms with Gasteiger partial charge in [0.2, 0.25) is 5.91 Å². The zero-order chi connectivity index (χ0) is 12.7. The number of amides is 2. The van der Waals surface area contributed by atoms with Crippen LogP contribution in [0.4, 0.5) is 0 Å². The van der Waals surface area contributed by atoms with E-state index in [9.17, 15) is 9.59 Å². The zero-order valence-electron chi connectivity index (χ0n) is 9.60. The highest BCUT2D eigenvalue weighted by Crippen LogP contribution is 1.98. The molecule has 94 valence electrons. The molecule has 17 heavy (non-hydrogen) atoms. The molecule has 0 aliphatic carbocycles. The highest BCUT2D eigenvalue weighted by atomic mass is 16.3. The van der Waals surface area contributed by atoms with Gasteiger partial charge in [0.1, 0.15) is 6.26 Å². The third kappa shape index (κ3) is 4.69. The van der Waals surface area contributed by atoms with Gasteiger partial charge in [-0.3, -0.25) is 9.59 Å². The summed E-state index contributed by atoms with van der Waals surface area (Å²) in [5, 5.41) is 13.9. The van der Waals surface area contributed by atoms with Gasteiger partial charge in [-0.15, -0.1) is 0 Å². The van der Waals surface area contributed by atoms with Gasteiger partial charge in [-0.1, -0.05) is 0 Å². The van der Waals surface area contributed by atoms with Gasteiger partial charge in [-0.05, 0) is 13.0 Å². The van der Waals surface area contributed by atoms with E-state index in [-0.39, 0.29) is 37.4 Å². The highest BCUT2D eigenvalue weighted by molar-refractivity contribution is 5.94. The summed E-state index contributed by atoms with van der Waals surface area (Å²) in [6.07, 6.45) is 2.92. The van der Waals surface area contributed by atoms with Crippen LogP contribution < -0.4 is 10.6 Å². The average Bonchev–Trinajstić information content (AvgIpc) is 2.82. The van der Waals surface area contributed by atoms with E-state index in [1.54, 1.807) is 13.0 Å². The first-order valence-electron chi connectivity index (χ1n) is 5.34. The first-order chi connectivity index (χ1) is 8.13. The van der Waals surface area contributed by atoms with Crippen molar-refractivity contribution in [3.63, 3.8) is 0 Å². The molecule has 6 nitrogen and oxygen atoms in total. The number of carbonyl (C=O) groups is 2. The molecule has 1 aromatic heterocycles. The number of nitrogens with one attached hydrogen (secondary N) is 2. The van der Waals surface area contributed by atoms with Crippen molar-refractivity contribution in [2.45, 2.75) is 19.4 Å². The van der Waals surface area contributed by atoms with Crippen molar-refractivity contribution in [2.24, 2.45) is 0 Å². The molecule has 0 saturated heterocycles. The van der Waals surface area contributed by atoms with Crippen LogP contribution in [0.25, 0.3) is 0 Å². The van der Waals surface area contributed by atoms with Gasteiger partial charge in [-0.25, -0.2) is 0 Å². The van der Waals surface area contributed by atoms with Crippen molar-refractivity contribution in [2.75, 3.05) is 13.2 Å². The van der Waals surface area contributed by atoms with Gasteiger partial charge in [0, 0.05) is 19.0 Å². The molecule has 0 aliphatic heterocycles. The fourth-order valence-electron chi connectivity index (χ4n) is 1.18. The molecule has 1 rings (SSSR count). The second-order valence-electron chi connectivity index (χ2n) is 3.67. The summed E-state index contributed by atoms with van der Waals surface area (Å²) in [5.41, 5.74) is 0.425. The lowest BCUT2D eigenvalue weighted by atomic mass is 10.3. The topological polar surface area (TPSA) is 91.6 Å². The molecule has 0 fully saturated rings. The van der Waals surface area contributed by atoms with Crippen LogP contribution in [0.2, 0.25) is 0 Å². The van der Waals surface area contributed by atoms with Crippen LogP contribution in [-0.2, 0) is 4.79 Å². The van der Waals surface area contributed by atoms with Crippen LogP contribution in [0, 0.1) is 0 Å². The third-order valence-electron chi connectivity index (χ3n) is 2.10. The summed E-state index contributed by atoms with van der Waals surface area (Å²) in [6.45, 7) is 1.84. The van der Waals surface area contributed by atoms with E-state index < -0.39 is 0 Å². The summed E-state index contributed by atoms with van der Waals surface area (Å²) < 4.78 is 4.76. The second kappa shape index (κ2) is 6.70. The molecule has 1 atom stereocenters. The van der Waals surface area contributed by atoms with Gasteiger partial charge in [0.15, 0.2) is 0 Å². The molecule has 0 saturated carbocycles. The lowest BCUT2D eigenvalue weighted by molar-refractivity contribution is -0.121. The maximum Gasteiger partial charge on any atom is 0.254 e. The third-order valence-corrected chi connectivity index (χ3v) is 2.10. The minimum atomic E-state index is -0.276. The fraction of sp³-hybridized carbons (Fsp3) is 0.455. The quantitative estimate of drug-likeness (QED) is 0.647.